The highest BCUT2D eigenvalue weighted by molar-refractivity contribution is 7.47. The summed E-state index contributed by atoms with van der Waals surface area (Å²) in [4.78, 5) is 23.0. The normalized spacial score (nSPS) is 15.0. The smallest absolute Gasteiger partial charge is 0.387 e. The summed E-state index contributed by atoms with van der Waals surface area (Å²) in [5.74, 6) is -0.190. The molecule has 1 amide bonds. The van der Waals surface area contributed by atoms with Crippen LogP contribution in [0.3, 0.4) is 0 Å². The van der Waals surface area contributed by atoms with Crippen LogP contribution in [0.25, 0.3) is 0 Å². The van der Waals surface area contributed by atoms with E-state index in [1.807, 2.05) is 27.2 Å². The summed E-state index contributed by atoms with van der Waals surface area (Å²) in [5.41, 5.74) is 0. The number of rotatable bonds is 46. The molecule has 0 heterocycles. The first kappa shape index (κ1) is 63.2. The third-order valence-corrected chi connectivity index (χ3v) is 12.0. The van der Waals surface area contributed by atoms with Crippen LogP contribution in [0, 0.1) is 0 Å². The van der Waals surface area contributed by atoms with Crippen LogP contribution in [-0.2, 0) is 18.4 Å². The van der Waals surface area contributed by atoms with E-state index in [1.54, 1.807) is 6.08 Å². The lowest BCUT2D eigenvalue weighted by Gasteiger charge is -2.25. The Morgan fingerprint density at radius 1 is 0.530 bits per heavy atom. The van der Waals surface area contributed by atoms with Crippen LogP contribution in [0.15, 0.2) is 109 Å². The van der Waals surface area contributed by atoms with Gasteiger partial charge in [0, 0.05) is 6.42 Å². The summed E-state index contributed by atoms with van der Waals surface area (Å²) < 4.78 is 23.4. The zero-order chi connectivity index (χ0) is 48.5. The highest BCUT2D eigenvalue weighted by Gasteiger charge is 2.27. The van der Waals surface area contributed by atoms with Crippen LogP contribution >= 0.6 is 7.82 Å². The van der Waals surface area contributed by atoms with Crippen LogP contribution in [0.5, 0.6) is 0 Å². The van der Waals surface area contributed by atoms with Gasteiger partial charge in [-0.1, -0.05) is 213 Å². The van der Waals surface area contributed by atoms with E-state index in [0.717, 1.165) is 96.3 Å². The minimum absolute atomic E-state index is 0.0565. The Morgan fingerprint density at radius 3 is 1.33 bits per heavy atom. The maximum Gasteiger partial charge on any atom is 0.472 e. The van der Waals surface area contributed by atoms with E-state index in [9.17, 15) is 19.4 Å². The van der Waals surface area contributed by atoms with E-state index in [-0.39, 0.29) is 19.1 Å². The van der Waals surface area contributed by atoms with E-state index in [1.165, 1.54) is 77.0 Å². The van der Waals surface area contributed by atoms with Crippen molar-refractivity contribution in [3.05, 3.63) is 109 Å². The molecular weight excluding hydrogens is 840 g/mol. The number of likely N-dealkylation sites (N-methyl/N-ethyl adjacent to an activating group) is 1. The second-order valence-electron chi connectivity index (χ2n) is 18.5. The van der Waals surface area contributed by atoms with Gasteiger partial charge in [-0.05, 0) is 83.5 Å². The van der Waals surface area contributed by atoms with Crippen LogP contribution in [0.4, 0.5) is 0 Å². The molecule has 0 fully saturated rings. The Balaban J connectivity index is 3.86. The van der Waals surface area contributed by atoms with Crippen LogP contribution in [-0.4, -0.2) is 73.4 Å². The molecule has 0 aromatic rings. The molecule has 0 aromatic heterocycles. The summed E-state index contributed by atoms with van der Waals surface area (Å²) in [6.07, 6.45) is 69.6. The van der Waals surface area contributed by atoms with Crippen LogP contribution < -0.4 is 5.32 Å². The molecule has 0 aliphatic heterocycles. The van der Waals surface area contributed by atoms with Gasteiger partial charge in [0.05, 0.1) is 39.9 Å². The lowest BCUT2D eigenvalue weighted by Crippen LogP contribution is -2.45. The molecule has 66 heavy (non-hydrogen) atoms. The number of unbranched alkanes of at least 4 members (excludes halogenated alkanes) is 17. The van der Waals surface area contributed by atoms with E-state index in [4.69, 9.17) is 9.05 Å². The molecule has 0 aliphatic rings. The summed E-state index contributed by atoms with van der Waals surface area (Å²) in [6.45, 7) is 4.57. The van der Waals surface area contributed by atoms with E-state index in [2.05, 4.69) is 116 Å². The van der Waals surface area contributed by atoms with Crippen molar-refractivity contribution in [2.45, 2.75) is 206 Å². The number of phosphoric ester groups is 1. The lowest BCUT2D eigenvalue weighted by molar-refractivity contribution is -0.870. The van der Waals surface area contributed by atoms with Gasteiger partial charge in [0.15, 0.2) is 0 Å². The van der Waals surface area contributed by atoms with E-state index < -0.39 is 20.0 Å². The van der Waals surface area contributed by atoms with Gasteiger partial charge in [-0.3, -0.25) is 13.8 Å². The average Bonchev–Trinajstić information content (AvgIpc) is 3.27. The van der Waals surface area contributed by atoms with Crippen molar-refractivity contribution in [2.75, 3.05) is 40.9 Å². The number of nitrogens with zero attached hydrogens (tertiary/aromatic N) is 1. The first-order chi connectivity index (χ1) is 32.0. The molecule has 0 spiro atoms. The Hall–Kier alpha value is -2.84. The summed E-state index contributed by atoms with van der Waals surface area (Å²) in [5, 5.41) is 13.6. The van der Waals surface area contributed by atoms with Gasteiger partial charge in [-0.15, -0.1) is 0 Å². The number of aliphatic hydroxyl groups is 1. The Morgan fingerprint density at radius 2 is 0.909 bits per heavy atom. The van der Waals surface area contributed by atoms with Crippen LogP contribution in [0.2, 0.25) is 0 Å². The molecular formula is C57H100N2O6P+. The van der Waals surface area contributed by atoms with Gasteiger partial charge >= 0.3 is 7.82 Å². The monoisotopic (exact) mass is 940 g/mol. The van der Waals surface area contributed by atoms with Crippen molar-refractivity contribution >= 4 is 13.7 Å². The van der Waals surface area contributed by atoms with Crippen molar-refractivity contribution in [1.29, 1.82) is 0 Å². The molecule has 0 radical (unpaired) electrons. The van der Waals surface area contributed by atoms with E-state index >= 15 is 0 Å². The molecule has 0 bridgehead atoms. The Kier molecular flexibility index (Phi) is 45.2. The maximum absolute atomic E-state index is 12.8. The number of quaternary nitrogens is 1. The van der Waals surface area contributed by atoms with E-state index in [0.29, 0.717) is 17.4 Å². The zero-order valence-corrected chi connectivity index (χ0v) is 43.8. The zero-order valence-electron chi connectivity index (χ0n) is 42.9. The fourth-order valence-corrected chi connectivity index (χ4v) is 7.61. The first-order valence-electron chi connectivity index (χ1n) is 26.3. The minimum Gasteiger partial charge on any atom is -0.387 e. The SMILES string of the molecule is CC/C=C\C/C=C\C/C=C\C/C=C\C/C=C\C/C=C\C/C=C\C/C=C\CCCCCCCCCCCCCCCCC(=O)NC(COP(=O)(O)OCC[N+](C)(C)C)C(O)/C=C/CCCCC. The van der Waals surface area contributed by atoms with Gasteiger partial charge in [0.25, 0.3) is 0 Å². The van der Waals surface area contributed by atoms with Gasteiger partial charge in [-0.2, -0.15) is 0 Å². The molecule has 8 nitrogen and oxygen atoms in total. The topological polar surface area (TPSA) is 105 Å². The van der Waals surface area contributed by atoms with Gasteiger partial charge in [-0.25, -0.2) is 4.57 Å². The molecule has 0 saturated carbocycles. The fourth-order valence-electron chi connectivity index (χ4n) is 6.88. The van der Waals surface area contributed by atoms with Crippen LogP contribution in [0.1, 0.15) is 194 Å². The summed E-state index contributed by atoms with van der Waals surface area (Å²) >= 11 is 0. The van der Waals surface area contributed by atoms with Gasteiger partial charge in [0.2, 0.25) is 5.91 Å². The predicted octanol–water partition coefficient (Wildman–Crippen LogP) is 15.6. The van der Waals surface area contributed by atoms with Crippen molar-refractivity contribution in [3.8, 4) is 0 Å². The number of carbonyl (C=O) groups is 1. The second kappa shape index (κ2) is 47.2. The summed E-state index contributed by atoms with van der Waals surface area (Å²) in [6, 6.07) is -0.848. The first-order valence-corrected chi connectivity index (χ1v) is 27.8. The second-order valence-corrected chi connectivity index (χ2v) is 20.0. The molecule has 3 atom stereocenters. The average molecular weight is 940 g/mol. The number of carbonyl (C=O) groups excluding carboxylic acids is 1. The number of aliphatic hydroxyl groups excluding tert-OH is 1. The molecule has 0 saturated heterocycles. The standard InChI is InChI=1S/C57H99N2O6P/c1-6-8-10-12-13-14-15-16-17-18-19-20-21-22-23-24-25-26-27-28-29-30-31-32-33-34-35-36-37-38-39-40-41-42-43-44-45-47-49-51-57(61)58-55(56(60)50-48-46-11-9-7-2)54-65-66(62,63)64-53-52-59(3,4)5/h8,10,13-14,16-17,19-20,22-23,25-26,28-29,31-32,48,50,55-56,60H,6-7,9,11-12,15,18,21,24,27,30,33-47,49,51-54H2,1-5H3,(H-,58,61,62,63)/p+1/b10-8-,14-13-,17-16-,20-19-,23-22-,26-25-,29-28-,32-31-,50-48+. The minimum atomic E-state index is -4.33. The van der Waals surface area contributed by atoms with Crippen molar-refractivity contribution in [3.63, 3.8) is 0 Å². The summed E-state index contributed by atoms with van der Waals surface area (Å²) in [7, 11) is 1.55. The molecule has 0 aliphatic carbocycles. The number of hydrogen-bond donors (Lipinski definition) is 3. The molecule has 9 heteroatoms. The molecule has 3 unspecified atom stereocenters. The number of hydrogen-bond acceptors (Lipinski definition) is 5. The molecule has 0 rings (SSSR count). The number of phosphoric acid groups is 1. The van der Waals surface area contributed by atoms with Crippen molar-refractivity contribution in [2.24, 2.45) is 0 Å². The Bertz CT molecular complexity index is 1440. The predicted molar refractivity (Wildman–Crippen MR) is 285 cm³/mol. The largest absolute Gasteiger partial charge is 0.472 e. The number of allylic oxidation sites excluding steroid dienone is 17. The highest BCUT2D eigenvalue weighted by atomic mass is 31.2. The quantitative estimate of drug-likeness (QED) is 0.0243. The lowest BCUT2D eigenvalue weighted by atomic mass is 10.0. The third kappa shape index (κ3) is 49.1. The van der Waals surface area contributed by atoms with Gasteiger partial charge in [0.1, 0.15) is 13.2 Å². The highest BCUT2D eigenvalue weighted by Crippen LogP contribution is 2.43. The number of amides is 1. The number of nitrogens with one attached hydrogen (secondary N) is 1. The van der Waals surface area contributed by atoms with Crippen molar-refractivity contribution in [1.82, 2.24) is 5.32 Å². The molecule has 3 N–H and O–H groups in total. The maximum atomic E-state index is 12.8. The van der Waals surface area contributed by atoms with Gasteiger partial charge < -0.3 is 19.8 Å². The fraction of sp³-hybridized carbons (Fsp3) is 0.667. The Labute approximate surface area is 406 Å². The molecule has 378 valence electrons. The van der Waals surface area contributed by atoms with Crippen molar-refractivity contribution < 1.29 is 32.9 Å². The molecule has 0 aromatic carbocycles. The third-order valence-electron chi connectivity index (χ3n) is 11.0.